The Bertz CT molecular complexity index is 1310. The molecule has 1 heterocycles. The number of nitrogens with zero attached hydrogens (tertiary/aromatic N) is 2. The van der Waals surface area contributed by atoms with Crippen molar-refractivity contribution < 1.29 is 14.3 Å². The van der Waals surface area contributed by atoms with E-state index in [1.807, 2.05) is 44.2 Å². The molecule has 0 aromatic heterocycles. The molecule has 0 bridgehead atoms. The van der Waals surface area contributed by atoms with E-state index in [9.17, 15) is 9.59 Å². The number of rotatable bonds is 8. The lowest BCUT2D eigenvalue weighted by atomic mass is 10.1. The summed E-state index contributed by atoms with van der Waals surface area (Å²) in [6.07, 6.45) is 0. The molecule has 1 fully saturated rings. The minimum Gasteiger partial charge on any atom is -0.495 e. The highest BCUT2D eigenvalue weighted by molar-refractivity contribution is 6.37. The zero-order valence-electron chi connectivity index (χ0n) is 21.8. The highest BCUT2D eigenvalue weighted by Crippen LogP contribution is 2.31. The van der Waals surface area contributed by atoms with Crippen LogP contribution in [-0.4, -0.2) is 51.6 Å². The van der Waals surface area contributed by atoms with Crippen molar-refractivity contribution in [3.8, 4) is 5.75 Å². The Hall–Kier alpha value is -3.42. The summed E-state index contributed by atoms with van der Waals surface area (Å²) < 4.78 is 5.54. The summed E-state index contributed by atoms with van der Waals surface area (Å²) in [7, 11) is 1.68. The molecule has 3 aromatic rings. The monoisotopic (exact) mass is 554 g/mol. The largest absolute Gasteiger partial charge is 0.495 e. The van der Waals surface area contributed by atoms with E-state index >= 15 is 0 Å². The number of ether oxygens (including phenoxy) is 1. The van der Waals surface area contributed by atoms with Crippen LogP contribution in [0, 0.1) is 5.92 Å². The van der Waals surface area contributed by atoms with Crippen molar-refractivity contribution in [1.82, 2.24) is 5.32 Å². The van der Waals surface area contributed by atoms with Gasteiger partial charge < -0.3 is 25.2 Å². The lowest BCUT2D eigenvalue weighted by molar-refractivity contribution is 0.0948. The third-order valence-corrected chi connectivity index (χ3v) is 6.94. The number of hydrogen-bond acceptors (Lipinski definition) is 5. The molecule has 1 aliphatic rings. The molecule has 4 rings (SSSR count). The first kappa shape index (κ1) is 27.6. The Labute approximate surface area is 233 Å². The summed E-state index contributed by atoms with van der Waals surface area (Å²) >= 11 is 12.2. The summed E-state index contributed by atoms with van der Waals surface area (Å²) in [5.74, 6) is 0.595. The second-order valence-corrected chi connectivity index (χ2v) is 10.4. The molecule has 3 aromatic carbocycles. The molecule has 2 N–H and O–H groups in total. The number of para-hydroxylation sites is 2. The Morgan fingerprint density at radius 2 is 1.55 bits per heavy atom. The van der Waals surface area contributed by atoms with Gasteiger partial charge in [0.25, 0.3) is 11.8 Å². The highest BCUT2D eigenvalue weighted by atomic mass is 35.5. The van der Waals surface area contributed by atoms with Crippen molar-refractivity contribution in [3.05, 3.63) is 81.8 Å². The van der Waals surface area contributed by atoms with E-state index in [2.05, 4.69) is 26.5 Å². The van der Waals surface area contributed by atoms with Gasteiger partial charge in [0.05, 0.1) is 28.9 Å². The smallest absolute Gasteiger partial charge is 0.257 e. The third-order valence-electron chi connectivity index (χ3n) is 6.39. The van der Waals surface area contributed by atoms with Gasteiger partial charge in [-0.1, -0.05) is 49.2 Å². The number of nitrogens with one attached hydrogen (secondary N) is 2. The molecule has 0 unspecified atom stereocenters. The minimum atomic E-state index is -0.377. The van der Waals surface area contributed by atoms with Crippen LogP contribution in [0.25, 0.3) is 0 Å². The van der Waals surface area contributed by atoms with Crippen LogP contribution in [0.5, 0.6) is 5.75 Å². The van der Waals surface area contributed by atoms with E-state index < -0.39 is 0 Å². The predicted molar refractivity (Wildman–Crippen MR) is 155 cm³/mol. The Morgan fingerprint density at radius 3 is 2.21 bits per heavy atom. The topological polar surface area (TPSA) is 73.9 Å². The normalized spacial score (nSPS) is 13.4. The highest BCUT2D eigenvalue weighted by Gasteiger charge is 2.24. The number of carbonyl (C=O) groups is 2. The van der Waals surface area contributed by atoms with Gasteiger partial charge in [-0.05, 0) is 54.4 Å². The van der Waals surface area contributed by atoms with Gasteiger partial charge in [0.1, 0.15) is 5.75 Å². The molecule has 0 spiro atoms. The Kier molecular flexibility index (Phi) is 9.02. The second kappa shape index (κ2) is 12.4. The zero-order chi connectivity index (χ0) is 27.2. The quantitative estimate of drug-likeness (QED) is 0.359. The van der Waals surface area contributed by atoms with Gasteiger partial charge in [0.2, 0.25) is 0 Å². The average Bonchev–Trinajstić information content (AvgIpc) is 2.91. The van der Waals surface area contributed by atoms with Crippen LogP contribution in [0.1, 0.15) is 34.6 Å². The Balaban J connectivity index is 1.55. The van der Waals surface area contributed by atoms with Gasteiger partial charge in [0, 0.05) is 49.1 Å². The SMILES string of the molecule is COc1ccccc1N1CCN(c2ccc(NC(=O)c3ccc(Cl)cc3Cl)cc2C(=O)NCC(C)C)CC1. The van der Waals surface area contributed by atoms with E-state index in [4.69, 9.17) is 27.9 Å². The molecule has 200 valence electrons. The summed E-state index contributed by atoms with van der Waals surface area (Å²) in [6.45, 7) is 7.66. The average molecular weight is 556 g/mol. The maximum Gasteiger partial charge on any atom is 0.257 e. The first-order valence-electron chi connectivity index (χ1n) is 12.6. The summed E-state index contributed by atoms with van der Waals surface area (Å²) in [5.41, 5.74) is 3.21. The number of piperazine rings is 1. The second-order valence-electron chi connectivity index (χ2n) is 9.56. The first-order chi connectivity index (χ1) is 18.3. The van der Waals surface area contributed by atoms with Crippen molar-refractivity contribution in [3.63, 3.8) is 0 Å². The van der Waals surface area contributed by atoms with Gasteiger partial charge in [-0.2, -0.15) is 0 Å². The van der Waals surface area contributed by atoms with Crippen LogP contribution in [0.15, 0.2) is 60.7 Å². The van der Waals surface area contributed by atoms with Crippen LogP contribution in [0.3, 0.4) is 0 Å². The predicted octanol–water partition coefficient (Wildman–Crippen LogP) is 5.97. The van der Waals surface area contributed by atoms with Crippen LogP contribution in [0.2, 0.25) is 10.0 Å². The number of halogens is 2. The first-order valence-corrected chi connectivity index (χ1v) is 13.3. The fourth-order valence-corrected chi connectivity index (χ4v) is 4.91. The standard InChI is InChI=1S/C29H32Cl2N4O3/c1-19(2)18-32-28(36)23-17-21(33-29(37)22-10-8-20(30)16-24(22)31)9-11-25(23)34-12-14-35(15-13-34)26-6-4-5-7-27(26)38-3/h4-11,16-17,19H,12-15,18H2,1-3H3,(H,32,36)(H,33,37). The lowest BCUT2D eigenvalue weighted by Gasteiger charge is -2.38. The number of carbonyl (C=O) groups excluding carboxylic acids is 2. The van der Waals surface area contributed by atoms with Crippen LogP contribution in [-0.2, 0) is 0 Å². The zero-order valence-corrected chi connectivity index (χ0v) is 23.3. The van der Waals surface area contributed by atoms with Gasteiger partial charge in [0.15, 0.2) is 0 Å². The number of amides is 2. The lowest BCUT2D eigenvalue weighted by Crippen LogP contribution is -2.47. The van der Waals surface area contributed by atoms with E-state index in [1.165, 1.54) is 6.07 Å². The molecule has 0 aliphatic carbocycles. The Morgan fingerprint density at radius 1 is 0.868 bits per heavy atom. The molecule has 0 saturated carbocycles. The van der Waals surface area contributed by atoms with Crippen molar-refractivity contribution in [2.45, 2.75) is 13.8 Å². The molecule has 7 nitrogen and oxygen atoms in total. The van der Waals surface area contributed by atoms with Gasteiger partial charge in [-0.25, -0.2) is 0 Å². The van der Waals surface area contributed by atoms with Gasteiger partial charge in [-0.3, -0.25) is 9.59 Å². The van der Waals surface area contributed by atoms with Crippen molar-refractivity contribution in [2.24, 2.45) is 5.92 Å². The maximum atomic E-state index is 13.3. The van der Waals surface area contributed by atoms with E-state index in [0.29, 0.717) is 34.3 Å². The summed E-state index contributed by atoms with van der Waals surface area (Å²) in [5, 5.41) is 6.59. The maximum absolute atomic E-state index is 13.3. The number of anilines is 3. The van der Waals surface area contributed by atoms with Crippen molar-refractivity contribution in [2.75, 3.05) is 55.0 Å². The van der Waals surface area contributed by atoms with E-state index in [-0.39, 0.29) is 16.8 Å². The van der Waals surface area contributed by atoms with Crippen LogP contribution in [0.4, 0.5) is 17.1 Å². The van der Waals surface area contributed by atoms with Crippen LogP contribution < -0.4 is 25.2 Å². The van der Waals surface area contributed by atoms with E-state index in [0.717, 1.165) is 43.3 Å². The van der Waals surface area contributed by atoms with Crippen molar-refractivity contribution >= 4 is 52.1 Å². The molecule has 38 heavy (non-hydrogen) atoms. The molecule has 1 saturated heterocycles. The summed E-state index contributed by atoms with van der Waals surface area (Å²) in [6, 6.07) is 18.1. The van der Waals surface area contributed by atoms with E-state index in [1.54, 1.807) is 25.3 Å². The molecule has 1 aliphatic heterocycles. The molecule has 0 atom stereocenters. The third kappa shape index (κ3) is 6.52. The molecule has 9 heteroatoms. The minimum absolute atomic E-state index is 0.179. The fourth-order valence-electron chi connectivity index (χ4n) is 4.41. The van der Waals surface area contributed by atoms with Gasteiger partial charge in [-0.15, -0.1) is 0 Å². The molecular formula is C29H32Cl2N4O3. The molecule has 0 radical (unpaired) electrons. The number of benzene rings is 3. The fraction of sp³-hybridized carbons (Fsp3) is 0.310. The number of hydrogen-bond donors (Lipinski definition) is 2. The molecule has 2 amide bonds. The molecular weight excluding hydrogens is 523 g/mol. The summed E-state index contributed by atoms with van der Waals surface area (Å²) in [4.78, 5) is 30.7. The van der Waals surface area contributed by atoms with Crippen LogP contribution >= 0.6 is 23.2 Å². The van der Waals surface area contributed by atoms with Gasteiger partial charge >= 0.3 is 0 Å². The van der Waals surface area contributed by atoms with Crippen molar-refractivity contribution in [1.29, 1.82) is 0 Å². The number of methoxy groups -OCH3 is 1.